The van der Waals surface area contributed by atoms with Gasteiger partial charge in [0.25, 0.3) is 5.91 Å². The highest BCUT2D eigenvalue weighted by molar-refractivity contribution is 6.31. The molecule has 0 fully saturated rings. The number of halogens is 1. The lowest BCUT2D eigenvalue weighted by molar-refractivity contribution is -0.114. The lowest BCUT2D eigenvalue weighted by Crippen LogP contribution is -2.17. The third kappa shape index (κ3) is 5.66. The molecule has 0 bridgehead atoms. The molecule has 3 rings (SSSR count). The van der Waals surface area contributed by atoms with E-state index in [2.05, 4.69) is 25.9 Å². The maximum atomic E-state index is 11.7. The predicted molar refractivity (Wildman–Crippen MR) is 113 cm³/mol. The van der Waals surface area contributed by atoms with Crippen LogP contribution in [0.5, 0.6) is 0 Å². The van der Waals surface area contributed by atoms with Crippen LogP contribution in [0.3, 0.4) is 0 Å². The van der Waals surface area contributed by atoms with Crippen LogP contribution in [0.25, 0.3) is 0 Å². The van der Waals surface area contributed by atoms with Crippen LogP contribution in [0.4, 0.5) is 23.1 Å². The zero-order valence-corrected chi connectivity index (χ0v) is 16.3. The summed E-state index contributed by atoms with van der Waals surface area (Å²) in [4.78, 5) is 31.5. The summed E-state index contributed by atoms with van der Waals surface area (Å²) in [5.41, 5.74) is 7.73. The summed E-state index contributed by atoms with van der Waals surface area (Å²) in [5.74, 6) is -0.306. The number of carbonyl (C=O) groups excluding carboxylic acids is 2. The van der Waals surface area contributed by atoms with E-state index >= 15 is 0 Å². The molecule has 0 spiro atoms. The van der Waals surface area contributed by atoms with E-state index in [4.69, 9.17) is 17.3 Å². The van der Waals surface area contributed by atoms with E-state index in [0.717, 1.165) is 5.56 Å². The lowest BCUT2D eigenvalue weighted by Gasteiger charge is -2.12. The molecule has 0 radical (unpaired) electrons. The van der Waals surface area contributed by atoms with Gasteiger partial charge in [0, 0.05) is 36.1 Å². The van der Waals surface area contributed by atoms with Gasteiger partial charge in [0.05, 0.1) is 5.56 Å². The Hall–Kier alpha value is -3.65. The fourth-order valence-electron chi connectivity index (χ4n) is 2.61. The van der Waals surface area contributed by atoms with Crippen LogP contribution >= 0.6 is 11.6 Å². The highest BCUT2D eigenvalue weighted by Gasteiger charge is 2.13. The first-order valence-electron chi connectivity index (χ1n) is 8.70. The summed E-state index contributed by atoms with van der Waals surface area (Å²) in [7, 11) is 0. The van der Waals surface area contributed by atoms with Crippen molar-refractivity contribution >= 4 is 46.6 Å². The van der Waals surface area contributed by atoms with E-state index in [-0.39, 0.29) is 17.4 Å². The third-order valence-electron chi connectivity index (χ3n) is 3.83. The zero-order chi connectivity index (χ0) is 20.8. The van der Waals surface area contributed by atoms with Gasteiger partial charge in [-0.3, -0.25) is 9.59 Å². The number of carbonyl (C=O) groups is 2. The lowest BCUT2D eigenvalue weighted by atomic mass is 10.2. The summed E-state index contributed by atoms with van der Waals surface area (Å²) >= 11 is 6.11. The molecule has 29 heavy (non-hydrogen) atoms. The molecule has 1 aromatic heterocycles. The number of anilines is 4. The third-order valence-corrected chi connectivity index (χ3v) is 4.05. The summed E-state index contributed by atoms with van der Waals surface area (Å²) in [6.45, 7) is 1.87. The molecule has 0 saturated carbocycles. The van der Waals surface area contributed by atoms with Crippen LogP contribution < -0.4 is 21.7 Å². The maximum Gasteiger partial charge on any atom is 0.254 e. The molecule has 2 amide bonds. The van der Waals surface area contributed by atoms with Crippen molar-refractivity contribution in [1.82, 2.24) is 9.97 Å². The maximum absolute atomic E-state index is 11.7. The minimum absolute atomic E-state index is 0.177. The number of hydrogen-bond donors (Lipinski definition) is 4. The Morgan fingerprint density at radius 3 is 2.52 bits per heavy atom. The zero-order valence-electron chi connectivity index (χ0n) is 15.6. The molecule has 1 heterocycles. The molecule has 0 aliphatic rings. The van der Waals surface area contributed by atoms with Gasteiger partial charge in [-0.15, -0.1) is 0 Å². The molecule has 148 valence electrons. The van der Waals surface area contributed by atoms with Crippen molar-refractivity contribution in [1.29, 1.82) is 0 Å². The number of aromatic nitrogens is 2. The van der Waals surface area contributed by atoms with Crippen molar-refractivity contribution in [3.8, 4) is 0 Å². The Labute approximate surface area is 172 Å². The van der Waals surface area contributed by atoms with E-state index in [1.54, 1.807) is 18.2 Å². The van der Waals surface area contributed by atoms with Crippen molar-refractivity contribution < 1.29 is 9.59 Å². The quantitative estimate of drug-likeness (QED) is 0.472. The first-order valence-corrected chi connectivity index (χ1v) is 9.08. The minimum Gasteiger partial charge on any atom is -0.365 e. The predicted octanol–water partition coefficient (Wildman–Crippen LogP) is 3.54. The fraction of sp³-hybridized carbons (Fsp3) is 0.100. The minimum atomic E-state index is -0.636. The van der Waals surface area contributed by atoms with Gasteiger partial charge < -0.3 is 21.7 Å². The molecular formula is C20H19ClN6O2. The standard InChI is InChI=1S/C20H19ClN6O2/c1-12(28)25-15-7-14(21)8-16(9-15)26-20-24-11-17(18(22)29)19(27-20)23-10-13-5-3-2-4-6-13/h2-9,11H,10H2,1H3,(H2,22,29)(H,25,28)(H2,23,24,26,27). The summed E-state index contributed by atoms with van der Waals surface area (Å²) in [6, 6.07) is 14.6. The number of nitrogens with zero attached hydrogens (tertiary/aromatic N) is 2. The first kappa shape index (κ1) is 20.1. The molecule has 0 aliphatic heterocycles. The number of benzene rings is 2. The molecule has 0 atom stereocenters. The number of hydrogen-bond acceptors (Lipinski definition) is 6. The average Bonchev–Trinajstić information content (AvgIpc) is 2.66. The molecule has 8 nitrogen and oxygen atoms in total. The molecule has 3 aromatic rings. The van der Waals surface area contributed by atoms with Gasteiger partial charge in [-0.1, -0.05) is 41.9 Å². The average molecular weight is 411 g/mol. The normalized spacial score (nSPS) is 10.3. The van der Waals surface area contributed by atoms with Crippen LogP contribution in [-0.4, -0.2) is 21.8 Å². The van der Waals surface area contributed by atoms with Crippen LogP contribution in [0.2, 0.25) is 5.02 Å². The molecule has 0 aliphatic carbocycles. The van der Waals surface area contributed by atoms with Crippen LogP contribution in [0.15, 0.2) is 54.7 Å². The Bertz CT molecular complexity index is 1040. The van der Waals surface area contributed by atoms with E-state index in [1.165, 1.54) is 13.1 Å². The van der Waals surface area contributed by atoms with E-state index < -0.39 is 5.91 Å². The van der Waals surface area contributed by atoms with Crippen molar-refractivity contribution in [2.45, 2.75) is 13.5 Å². The van der Waals surface area contributed by atoms with Crippen LogP contribution in [-0.2, 0) is 11.3 Å². The van der Waals surface area contributed by atoms with Crippen molar-refractivity contribution in [3.05, 3.63) is 70.9 Å². The number of primary amides is 1. The van der Waals surface area contributed by atoms with Crippen molar-refractivity contribution in [2.75, 3.05) is 16.0 Å². The van der Waals surface area contributed by atoms with Gasteiger partial charge in [-0.25, -0.2) is 4.98 Å². The Morgan fingerprint density at radius 2 is 1.83 bits per heavy atom. The van der Waals surface area contributed by atoms with Gasteiger partial charge in [-0.05, 0) is 23.8 Å². The van der Waals surface area contributed by atoms with E-state index in [1.807, 2.05) is 30.3 Å². The van der Waals surface area contributed by atoms with Gasteiger partial charge in [-0.2, -0.15) is 4.98 Å². The highest BCUT2D eigenvalue weighted by atomic mass is 35.5. The fourth-order valence-corrected chi connectivity index (χ4v) is 2.84. The first-order chi connectivity index (χ1) is 13.9. The van der Waals surface area contributed by atoms with Crippen LogP contribution in [0, 0.1) is 0 Å². The monoisotopic (exact) mass is 410 g/mol. The largest absolute Gasteiger partial charge is 0.365 e. The molecule has 9 heteroatoms. The molecule has 5 N–H and O–H groups in total. The molecule has 0 saturated heterocycles. The van der Waals surface area contributed by atoms with E-state index in [9.17, 15) is 9.59 Å². The summed E-state index contributed by atoms with van der Waals surface area (Å²) in [6.07, 6.45) is 1.35. The van der Waals surface area contributed by atoms with Crippen LogP contribution in [0.1, 0.15) is 22.8 Å². The molecular weight excluding hydrogens is 392 g/mol. The van der Waals surface area contributed by atoms with Gasteiger partial charge in [0.1, 0.15) is 5.82 Å². The molecule has 0 unspecified atom stereocenters. The Morgan fingerprint density at radius 1 is 1.10 bits per heavy atom. The van der Waals surface area contributed by atoms with Gasteiger partial charge in [0.2, 0.25) is 11.9 Å². The smallest absolute Gasteiger partial charge is 0.254 e. The Kier molecular flexibility index (Phi) is 6.25. The summed E-state index contributed by atoms with van der Waals surface area (Å²) in [5, 5.41) is 9.22. The number of nitrogens with two attached hydrogens (primary N) is 1. The second kappa shape index (κ2) is 9.03. The number of rotatable bonds is 7. The number of amides is 2. The SMILES string of the molecule is CC(=O)Nc1cc(Cl)cc(Nc2ncc(C(N)=O)c(NCc3ccccc3)n2)c1. The Balaban J connectivity index is 1.84. The van der Waals surface area contributed by atoms with Crippen molar-refractivity contribution in [2.24, 2.45) is 5.73 Å². The number of nitrogens with one attached hydrogen (secondary N) is 3. The van der Waals surface area contributed by atoms with Crippen molar-refractivity contribution in [3.63, 3.8) is 0 Å². The van der Waals surface area contributed by atoms with Gasteiger partial charge >= 0.3 is 0 Å². The summed E-state index contributed by atoms with van der Waals surface area (Å²) < 4.78 is 0. The topological polar surface area (TPSA) is 122 Å². The van der Waals surface area contributed by atoms with Gasteiger partial charge in [0.15, 0.2) is 0 Å². The second-order valence-corrected chi connectivity index (χ2v) is 6.63. The molecule has 2 aromatic carbocycles. The van der Waals surface area contributed by atoms with E-state index in [0.29, 0.717) is 28.8 Å². The second-order valence-electron chi connectivity index (χ2n) is 6.19. The highest BCUT2D eigenvalue weighted by Crippen LogP contribution is 2.25.